The predicted octanol–water partition coefficient (Wildman–Crippen LogP) is 16.2. The summed E-state index contributed by atoms with van der Waals surface area (Å²) in [6.07, 6.45) is 7.38. The maximum atomic E-state index is 5.07. The summed E-state index contributed by atoms with van der Waals surface area (Å²) >= 11 is 0. The van der Waals surface area contributed by atoms with Crippen LogP contribution in [0.15, 0.2) is 237 Å². The molecule has 0 bridgehead atoms. The number of hydrogen-bond acceptors (Lipinski definition) is 3. The molecule has 8 aromatic carbocycles. The Morgan fingerprint density at radius 2 is 0.735 bits per heavy atom. The monoisotopic (exact) mass is 1050 g/mol. The van der Waals surface area contributed by atoms with Crippen LogP contribution in [0.2, 0.25) is 0 Å². The second-order valence-corrected chi connectivity index (χ2v) is 16.0. The van der Waals surface area contributed by atoms with Crippen LogP contribution in [-0.2, 0) is 20.1 Å². The van der Waals surface area contributed by atoms with Crippen molar-refractivity contribution < 1.29 is 20.1 Å². The van der Waals surface area contributed by atoms with Crippen molar-refractivity contribution in [3.05, 3.63) is 269 Å². The van der Waals surface area contributed by atoms with Gasteiger partial charge in [-0.2, -0.15) is 0 Å². The van der Waals surface area contributed by atoms with Crippen LogP contribution in [0, 0.1) is 31.8 Å². The van der Waals surface area contributed by atoms with E-state index in [1.807, 2.05) is 79.1 Å². The predicted molar refractivity (Wildman–Crippen MR) is 276 cm³/mol. The zero-order valence-electron chi connectivity index (χ0n) is 37.2. The van der Waals surface area contributed by atoms with Gasteiger partial charge in [0.2, 0.25) is 0 Å². The fraction of sp³-hybridized carbons (Fsp3) is 0. The van der Waals surface area contributed by atoms with Gasteiger partial charge in [-0.1, -0.05) is 132 Å². The van der Waals surface area contributed by atoms with Gasteiger partial charge in [0.05, 0.1) is 0 Å². The number of hydrogen-bond donors (Lipinski definition) is 0. The van der Waals surface area contributed by atoms with Crippen molar-refractivity contribution in [2.45, 2.75) is 0 Å². The van der Waals surface area contributed by atoms with Crippen molar-refractivity contribution in [2.75, 3.05) is 0 Å². The molecule has 3 heterocycles. The maximum Gasteiger partial charge on any atom is 0.0245 e. The van der Waals surface area contributed by atoms with Crippen LogP contribution in [0.25, 0.3) is 112 Å². The number of benzene rings is 8. The van der Waals surface area contributed by atoms with Crippen LogP contribution in [0.5, 0.6) is 0 Å². The van der Waals surface area contributed by atoms with Crippen molar-refractivity contribution in [3.63, 3.8) is 0 Å². The summed E-state index contributed by atoms with van der Waals surface area (Å²) in [4.78, 5) is 14.8. The number of nitrogens with zero attached hydrogens (tertiary/aromatic N) is 3. The maximum absolute atomic E-state index is 5.07. The van der Waals surface area contributed by atoms with Gasteiger partial charge >= 0.3 is 0 Å². The first kappa shape index (κ1) is 45.0. The van der Waals surface area contributed by atoms with Crippen molar-refractivity contribution in [3.8, 4) is 112 Å². The van der Waals surface area contributed by atoms with Crippen LogP contribution in [0.1, 0.15) is 0 Å². The SMILES string of the molecule is [CH3-].[Ir].[c-]1ccccc1-c1ccc(-c2ccccc2-c2cc(-c3ccccc3-c3ccc(-c4[c-]cccc4)nc3)cc(-c3ccccc3-c3cnc(-c4[c-]cccc4)cc3-c3ccccc3)c2)[c-]n1. The molecular formula is C64H42IrN3-5. The van der Waals surface area contributed by atoms with Crippen molar-refractivity contribution in [1.29, 1.82) is 0 Å². The fourth-order valence-corrected chi connectivity index (χ4v) is 8.72. The standard InChI is InChI=1S/C63H39N3.CH3.Ir/c1-5-19-44(20-6-1)59-40-63(47-25-11-4-12-26-47)66-43-60(59)58-32-18-17-31-57(58)52-38-50(55-29-15-13-27-53(55)48-33-35-61(64-41-48)45-21-7-2-8-22-45)37-51(39-52)56-30-16-14-28-54(56)49-34-36-62(65-42-49)46-23-9-3-10-24-46;;/h1-21,23,25,27-41,43H;1H3;/q-4;-1;. The second kappa shape index (κ2) is 20.6. The third-order valence-electron chi connectivity index (χ3n) is 12.0. The molecule has 327 valence electrons. The molecule has 11 rings (SSSR count). The molecule has 0 spiro atoms. The molecule has 3 aromatic heterocycles. The van der Waals surface area contributed by atoms with Gasteiger partial charge in [-0.05, 0) is 97.1 Å². The topological polar surface area (TPSA) is 38.7 Å². The zero-order valence-corrected chi connectivity index (χ0v) is 39.6. The van der Waals surface area contributed by atoms with E-state index in [4.69, 9.17) is 15.0 Å². The molecule has 0 aliphatic carbocycles. The van der Waals surface area contributed by atoms with Gasteiger partial charge in [-0.3, -0.25) is 0 Å². The molecule has 0 unspecified atom stereocenters. The minimum Gasteiger partial charge on any atom is -0.358 e. The summed E-state index contributed by atoms with van der Waals surface area (Å²) < 4.78 is 0. The van der Waals surface area contributed by atoms with Gasteiger partial charge < -0.3 is 22.4 Å². The van der Waals surface area contributed by atoms with Crippen LogP contribution >= 0.6 is 0 Å². The fourth-order valence-electron chi connectivity index (χ4n) is 8.72. The molecule has 11 aromatic rings. The molecule has 68 heavy (non-hydrogen) atoms. The molecule has 0 saturated carbocycles. The summed E-state index contributed by atoms with van der Waals surface area (Å²) in [5.41, 5.74) is 20.4. The Bertz CT molecular complexity index is 3280. The number of rotatable bonds is 10. The van der Waals surface area contributed by atoms with E-state index in [-0.39, 0.29) is 27.5 Å². The summed E-state index contributed by atoms with van der Waals surface area (Å²) in [5.74, 6) is 0. The molecular weight excluding hydrogens is 1000 g/mol. The Morgan fingerprint density at radius 3 is 1.26 bits per heavy atom. The Morgan fingerprint density at radius 1 is 0.279 bits per heavy atom. The van der Waals surface area contributed by atoms with Crippen LogP contribution < -0.4 is 0 Å². The first-order chi connectivity index (χ1) is 32.7. The van der Waals surface area contributed by atoms with Crippen molar-refractivity contribution in [1.82, 2.24) is 15.0 Å². The molecule has 0 aliphatic rings. The van der Waals surface area contributed by atoms with E-state index in [2.05, 4.69) is 182 Å². The molecule has 0 saturated heterocycles. The minimum absolute atomic E-state index is 0. The zero-order chi connectivity index (χ0) is 44.1. The molecule has 0 aliphatic heterocycles. The largest absolute Gasteiger partial charge is 0.358 e. The van der Waals surface area contributed by atoms with Gasteiger partial charge in [0.1, 0.15) is 0 Å². The summed E-state index contributed by atoms with van der Waals surface area (Å²) in [7, 11) is 0. The van der Waals surface area contributed by atoms with E-state index >= 15 is 0 Å². The van der Waals surface area contributed by atoms with Gasteiger partial charge in [0, 0.05) is 38.1 Å². The minimum atomic E-state index is 0. The third kappa shape index (κ3) is 9.30. The molecule has 4 heteroatoms. The van der Waals surface area contributed by atoms with Crippen LogP contribution in [-0.4, -0.2) is 15.0 Å². The van der Waals surface area contributed by atoms with Gasteiger partial charge in [-0.25, -0.2) is 0 Å². The Balaban J connectivity index is 0.00000289. The molecule has 3 nitrogen and oxygen atoms in total. The quantitative estimate of drug-likeness (QED) is 0.128. The third-order valence-corrected chi connectivity index (χ3v) is 12.0. The van der Waals surface area contributed by atoms with Crippen LogP contribution in [0.3, 0.4) is 0 Å². The smallest absolute Gasteiger partial charge is 0.0245 e. The summed E-state index contributed by atoms with van der Waals surface area (Å²) in [6.45, 7) is 0. The average molecular weight is 1050 g/mol. The van der Waals surface area contributed by atoms with E-state index in [1.54, 1.807) is 0 Å². The summed E-state index contributed by atoms with van der Waals surface area (Å²) in [5, 5.41) is 0. The summed E-state index contributed by atoms with van der Waals surface area (Å²) in [6, 6.07) is 87.8. The molecule has 0 N–H and O–H groups in total. The van der Waals surface area contributed by atoms with E-state index in [9.17, 15) is 0 Å². The molecule has 0 amide bonds. The van der Waals surface area contributed by atoms with Gasteiger partial charge in [0.25, 0.3) is 0 Å². The normalized spacial score (nSPS) is 10.7. The van der Waals surface area contributed by atoms with Gasteiger partial charge in [0.15, 0.2) is 0 Å². The molecule has 0 fully saturated rings. The number of aromatic nitrogens is 3. The first-order valence-corrected chi connectivity index (χ1v) is 22.0. The average Bonchev–Trinajstić information content (AvgIpc) is 3.41. The first-order valence-electron chi connectivity index (χ1n) is 22.0. The second-order valence-electron chi connectivity index (χ2n) is 16.0. The van der Waals surface area contributed by atoms with E-state index < -0.39 is 0 Å². The van der Waals surface area contributed by atoms with Crippen molar-refractivity contribution in [2.24, 2.45) is 0 Å². The Hall–Kier alpha value is -8.14. The number of pyridine rings is 3. The molecule has 0 atom stereocenters. The molecule has 1 radical (unpaired) electrons. The van der Waals surface area contributed by atoms with Crippen LogP contribution in [0.4, 0.5) is 0 Å². The van der Waals surface area contributed by atoms with Crippen molar-refractivity contribution >= 4 is 0 Å². The van der Waals surface area contributed by atoms with E-state index in [1.165, 1.54) is 0 Å². The van der Waals surface area contributed by atoms with Gasteiger partial charge in [-0.15, -0.1) is 125 Å². The van der Waals surface area contributed by atoms with E-state index in [0.717, 1.165) is 112 Å². The Kier molecular flexibility index (Phi) is 13.6. The van der Waals surface area contributed by atoms with E-state index in [0.29, 0.717) is 0 Å². The Labute approximate surface area is 413 Å².